The maximum atomic E-state index is 11.4. The van der Waals surface area contributed by atoms with E-state index < -0.39 is 0 Å². The zero-order chi connectivity index (χ0) is 10.7. The molecule has 0 unspecified atom stereocenters. The molecule has 0 aromatic carbocycles. The summed E-state index contributed by atoms with van der Waals surface area (Å²) in [7, 11) is 0. The van der Waals surface area contributed by atoms with Crippen LogP contribution in [0.1, 0.15) is 25.1 Å². The summed E-state index contributed by atoms with van der Waals surface area (Å²) in [6, 6.07) is 0. The molecule has 14 heavy (non-hydrogen) atoms. The highest BCUT2D eigenvalue weighted by Gasteiger charge is 2.09. The molecule has 5 heteroatoms. The molecule has 0 bridgehead atoms. The summed E-state index contributed by atoms with van der Waals surface area (Å²) in [5.74, 6) is -0.131. The Morgan fingerprint density at radius 3 is 2.64 bits per heavy atom. The summed E-state index contributed by atoms with van der Waals surface area (Å²) >= 11 is 0. The summed E-state index contributed by atoms with van der Waals surface area (Å²) in [5, 5.41) is 5.30. The van der Waals surface area contributed by atoms with E-state index in [2.05, 4.69) is 10.4 Å². The number of nitrogens with one attached hydrogen (secondary N) is 2. The van der Waals surface area contributed by atoms with E-state index in [9.17, 15) is 9.59 Å². The Balaban J connectivity index is 2.91. The van der Waals surface area contributed by atoms with Gasteiger partial charge in [0.05, 0.1) is 12.1 Å². The SMILES string of the molecule is CCn1[nH]c(=O)c(CNC(C)=O)c1C. The van der Waals surface area contributed by atoms with Crippen molar-refractivity contribution in [3.8, 4) is 0 Å². The normalized spacial score (nSPS) is 10.2. The lowest BCUT2D eigenvalue weighted by atomic mass is 10.2. The molecule has 0 radical (unpaired) electrons. The van der Waals surface area contributed by atoms with Crippen LogP contribution in [0.4, 0.5) is 0 Å². The van der Waals surface area contributed by atoms with Crippen molar-refractivity contribution in [2.24, 2.45) is 0 Å². The maximum absolute atomic E-state index is 11.4. The van der Waals surface area contributed by atoms with Crippen LogP contribution in [0.5, 0.6) is 0 Å². The highest BCUT2D eigenvalue weighted by atomic mass is 16.1. The van der Waals surface area contributed by atoms with Crippen LogP contribution >= 0.6 is 0 Å². The zero-order valence-electron chi connectivity index (χ0n) is 8.68. The van der Waals surface area contributed by atoms with Crippen molar-refractivity contribution in [3.63, 3.8) is 0 Å². The predicted octanol–water partition coefficient (Wildman–Crippen LogP) is 0.141. The molecule has 0 saturated carbocycles. The van der Waals surface area contributed by atoms with Gasteiger partial charge in [-0.3, -0.25) is 19.4 Å². The van der Waals surface area contributed by atoms with Crippen molar-refractivity contribution in [3.05, 3.63) is 21.6 Å². The van der Waals surface area contributed by atoms with Crippen molar-refractivity contribution < 1.29 is 4.79 Å². The molecule has 1 aromatic heterocycles. The largest absolute Gasteiger partial charge is 0.352 e. The van der Waals surface area contributed by atoms with Crippen molar-refractivity contribution >= 4 is 5.91 Å². The Hall–Kier alpha value is -1.52. The van der Waals surface area contributed by atoms with E-state index in [-0.39, 0.29) is 11.5 Å². The van der Waals surface area contributed by atoms with Crippen molar-refractivity contribution in [2.75, 3.05) is 0 Å². The van der Waals surface area contributed by atoms with Crippen molar-refractivity contribution in [2.45, 2.75) is 33.9 Å². The number of hydrogen-bond acceptors (Lipinski definition) is 2. The van der Waals surface area contributed by atoms with Crippen LogP contribution in [0, 0.1) is 6.92 Å². The van der Waals surface area contributed by atoms with Gasteiger partial charge in [-0.25, -0.2) is 0 Å². The molecular formula is C9H15N3O2. The van der Waals surface area contributed by atoms with Gasteiger partial charge in [0.1, 0.15) is 0 Å². The lowest BCUT2D eigenvalue weighted by molar-refractivity contribution is -0.119. The molecule has 5 nitrogen and oxygen atoms in total. The van der Waals surface area contributed by atoms with E-state index in [4.69, 9.17) is 0 Å². The quantitative estimate of drug-likeness (QED) is 0.723. The van der Waals surface area contributed by atoms with Gasteiger partial charge in [0.25, 0.3) is 5.56 Å². The number of nitrogens with zero attached hydrogens (tertiary/aromatic N) is 1. The first kappa shape index (κ1) is 10.6. The van der Waals surface area contributed by atoms with E-state index in [1.807, 2.05) is 13.8 Å². The third-order valence-electron chi connectivity index (χ3n) is 2.18. The first-order valence-corrected chi connectivity index (χ1v) is 4.59. The van der Waals surface area contributed by atoms with Gasteiger partial charge in [-0.15, -0.1) is 0 Å². The number of aromatic nitrogens is 2. The van der Waals surface area contributed by atoms with Crippen molar-refractivity contribution in [1.82, 2.24) is 15.1 Å². The van der Waals surface area contributed by atoms with E-state index in [1.165, 1.54) is 6.92 Å². The molecule has 0 spiro atoms. The van der Waals surface area contributed by atoms with Crippen LogP contribution in [0.25, 0.3) is 0 Å². The molecular weight excluding hydrogens is 182 g/mol. The second kappa shape index (κ2) is 4.13. The Bertz CT molecular complexity index is 389. The minimum atomic E-state index is -0.131. The average Bonchev–Trinajstić information content (AvgIpc) is 2.39. The van der Waals surface area contributed by atoms with Gasteiger partial charge in [-0.2, -0.15) is 0 Å². The minimum absolute atomic E-state index is 0.127. The number of carbonyl (C=O) groups excluding carboxylic acids is 1. The Labute approximate surface area is 82.1 Å². The Morgan fingerprint density at radius 1 is 1.57 bits per heavy atom. The highest BCUT2D eigenvalue weighted by molar-refractivity contribution is 5.72. The fraction of sp³-hybridized carbons (Fsp3) is 0.556. The van der Waals surface area contributed by atoms with Gasteiger partial charge in [-0.1, -0.05) is 0 Å². The summed E-state index contributed by atoms with van der Waals surface area (Å²) in [6.45, 7) is 6.26. The van der Waals surface area contributed by atoms with E-state index in [0.717, 1.165) is 12.2 Å². The van der Waals surface area contributed by atoms with Crippen LogP contribution < -0.4 is 10.9 Å². The molecule has 0 aliphatic carbocycles. The fourth-order valence-electron chi connectivity index (χ4n) is 1.34. The number of H-pyrrole nitrogens is 1. The minimum Gasteiger partial charge on any atom is -0.352 e. The third kappa shape index (κ3) is 2.04. The molecule has 0 atom stereocenters. The second-order valence-corrected chi connectivity index (χ2v) is 3.16. The molecule has 0 aliphatic heterocycles. The summed E-state index contributed by atoms with van der Waals surface area (Å²) in [5.41, 5.74) is 1.38. The fourth-order valence-corrected chi connectivity index (χ4v) is 1.34. The summed E-state index contributed by atoms with van der Waals surface area (Å²) < 4.78 is 1.76. The molecule has 0 saturated heterocycles. The third-order valence-corrected chi connectivity index (χ3v) is 2.18. The lowest BCUT2D eigenvalue weighted by Crippen LogP contribution is -2.22. The molecule has 1 aromatic rings. The van der Waals surface area contributed by atoms with E-state index in [0.29, 0.717) is 12.1 Å². The lowest BCUT2D eigenvalue weighted by Gasteiger charge is -2.02. The first-order valence-electron chi connectivity index (χ1n) is 4.59. The van der Waals surface area contributed by atoms with E-state index >= 15 is 0 Å². The maximum Gasteiger partial charge on any atom is 0.269 e. The smallest absolute Gasteiger partial charge is 0.269 e. The molecule has 0 aliphatic rings. The summed E-state index contributed by atoms with van der Waals surface area (Å²) in [6.07, 6.45) is 0. The number of rotatable bonds is 3. The highest BCUT2D eigenvalue weighted by Crippen LogP contribution is 2.01. The summed E-state index contributed by atoms with van der Waals surface area (Å²) in [4.78, 5) is 22.1. The number of aromatic amines is 1. The standard InChI is InChI=1S/C9H15N3O2/c1-4-12-6(2)8(9(14)11-12)5-10-7(3)13/h4-5H2,1-3H3,(H,10,13)(H,11,14). The Kier molecular flexibility index (Phi) is 3.11. The number of amides is 1. The van der Waals surface area contributed by atoms with Crippen LogP contribution in [-0.2, 0) is 17.9 Å². The monoisotopic (exact) mass is 197 g/mol. The molecule has 1 heterocycles. The van der Waals surface area contributed by atoms with Gasteiger partial charge in [-0.05, 0) is 13.8 Å². The molecule has 1 rings (SSSR count). The van der Waals surface area contributed by atoms with Crippen molar-refractivity contribution in [1.29, 1.82) is 0 Å². The Morgan fingerprint density at radius 2 is 2.21 bits per heavy atom. The number of hydrogen-bond donors (Lipinski definition) is 2. The van der Waals surface area contributed by atoms with Gasteiger partial charge in [0.2, 0.25) is 5.91 Å². The van der Waals surface area contributed by atoms with Gasteiger partial charge in [0.15, 0.2) is 0 Å². The number of aryl methyl sites for hydroxylation is 1. The molecule has 0 fully saturated rings. The van der Waals surface area contributed by atoms with Gasteiger partial charge < -0.3 is 5.32 Å². The molecule has 2 N–H and O–H groups in total. The van der Waals surface area contributed by atoms with Gasteiger partial charge >= 0.3 is 0 Å². The molecule has 78 valence electrons. The van der Waals surface area contributed by atoms with E-state index in [1.54, 1.807) is 4.68 Å². The molecule has 1 amide bonds. The van der Waals surface area contributed by atoms with Crippen LogP contribution in [0.2, 0.25) is 0 Å². The van der Waals surface area contributed by atoms with Crippen LogP contribution in [-0.4, -0.2) is 15.7 Å². The topological polar surface area (TPSA) is 66.9 Å². The van der Waals surface area contributed by atoms with Crippen LogP contribution in [0.15, 0.2) is 4.79 Å². The van der Waals surface area contributed by atoms with Crippen LogP contribution in [0.3, 0.4) is 0 Å². The first-order chi connectivity index (χ1) is 6.56. The predicted molar refractivity (Wildman–Crippen MR) is 53.0 cm³/mol. The average molecular weight is 197 g/mol. The van der Waals surface area contributed by atoms with Gasteiger partial charge in [0, 0.05) is 19.2 Å². The second-order valence-electron chi connectivity index (χ2n) is 3.16. The number of carbonyl (C=O) groups is 1. The zero-order valence-corrected chi connectivity index (χ0v) is 8.68.